The highest BCUT2D eigenvalue weighted by molar-refractivity contribution is 6.12. The summed E-state index contributed by atoms with van der Waals surface area (Å²) in [6.07, 6.45) is 8.01. The van der Waals surface area contributed by atoms with Gasteiger partial charge in [-0.1, -0.05) is 110 Å². The van der Waals surface area contributed by atoms with E-state index >= 15 is 0 Å². The third-order valence-electron chi connectivity index (χ3n) is 10.9. The molecule has 0 amide bonds. The Balaban J connectivity index is 1.15. The fraction of sp³-hybridized carbons (Fsp3) is 0.111. The second kappa shape index (κ2) is 9.70. The van der Waals surface area contributed by atoms with Crippen LogP contribution in [0.3, 0.4) is 0 Å². The van der Waals surface area contributed by atoms with E-state index in [4.69, 9.17) is 0 Å². The minimum atomic E-state index is 0.0228. The number of fused-ring (bicyclic) bond motifs is 9. The maximum absolute atomic E-state index is 2.47. The van der Waals surface area contributed by atoms with E-state index in [1.54, 1.807) is 5.57 Å². The van der Waals surface area contributed by atoms with E-state index in [2.05, 4.69) is 175 Å². The Hall–Kier alpha value is -5.60. The number of allylic oxidation sites excluding steroid dienone is 4. The highest BCUT2D eigenvalue weighted by Gasteiger charge is 2.41. The van der Waals surface area contributed by atoms with Crippen LogP contribution in [0.25, 0.3) is 66.1 Å². The zero-order valence-corrected chi connectivity index (χ0v) is 26.6. The lowest BCUT2D eigenvalue weighted by molar-refractivity contribution is 0.612. The van der Waals surface area contributed by atoms with Crippen LogP contribution in [0.4, 0.5) is 0 Å². The predicted molar refractivity (Wildman–Crippen MR) is 198 cm³/mol. The summed E-state index contributed by atoms with van der Waals surface area (Å²) in [5.74, 6) is 0.499. The van der Waals surface area contributed by atoms with E-state index < -0.39 is 0 Å². The maximum Gasteiger partial charge on any atom is 0.0541 e. The molecule has 0 saturated heterocycles. The molecule has 2 aliphatic carbocycles. The van der Waals surface area contributed by atoms with Gasteiger partial charge in [0.1, 0.15) is 0 Å². The molecule has 0 radical (unpaired) electrons. The topological polar surface area (TPSA) is 9.86 Å². The molecular formula is C45H34N2. The van der Waals surface area contributed by atoms with Gasteiger partial charge in [-0.05, 0) is 89.3 Å². The summed E-state index contributed by atoms with van der Waals surface area (Å²) in [6.45, 7) is 4.79. The van der Waals surface area contributed by atoms with Crippen molar-refractivity contribution in [3.63, 3.8) is 0 Å². The van der Waals surface area contributed by atoms with Crippen molar-refractivity contribution in [3.05, 3.63) is 168 Å². The SMILES string of the molecule is CC1(C)C2=CC=CCC2c2ccc(-n3c4ccccc4c4cc(-c5ccc6c(c5)c5ccccc5n6-c5ccccc5)ccc43)cc21. The zero-order chi connectivity index (χ0) is 31.3. The first-order valence-electron chi connectivity index (χ1n) is 16.7. The smallest absolute Gasteiger partial charge is 0.0541 e. The Labute approximate surface area is 274 Å². The molecule has 10 rings (SSSR count). The quantitative estimate of drug-likeness (QED) is 0.190. The normalized spacial score (nSPS) is 16.6. The van der Waals surface area contributed by atoms with Gasteiger partial charge < -0.3 is 9.13 Å². The third kappa shape index (κ3) is 3.73. The molecule has 0 fully saturated rings. The molecule has 0 aliphatic heterocycles. The average molecular weight is 603 g/mol. The summed E-state index contributed by atoms with van der Waals surface area (Å²) in [7, 11) is 0. The van der Waals surface area contributed by atoms with Gasteiger partial charge in [0.2, 0.25) is 0 Å². The molecule has 8 aromatic rings. The lowest BCUT2D eigenvalue weighted by Gasteiger charge is -2.25. The molecule has 0 saturated carbocycles. The number of hydrogen-bond acceptors (Lipinski definition) is 0. The summed E-state index contributed by atoms with van der Waals surface area (Å²) in [6, 6.07) is 49.5. The van der Waals surface area contributed by atoms with Crippen molar-refractivity contribution >= 4 is 43.6 Å². The average Bonchev–Trinajstić information content (AvgIpc) is 3.71. The number of benzene rings is 6. The van der Waals surface area contributed by atoms with Crippen LogP contribution >= 0.6 is 0 Å². The lowest BCUT2D eigenvalue weighted by Crippen LogP contribution is -2.17. The molecule has 2 aliphatic rings. The summed E-state index contributed by atoms with van der Waals surface area (Å²) in [5.41, 5.74) is 14.3. The first-order chi connectivity index (χ1) is 23.1. The fourth-order valence-electron chi connectivity index (χ4n) is 8.69. The van der Waals surface area contributed by atoms with Gasteiger partial charge in [0.15, 0.2) is 0 Å². The summed E-state index contributed by atoms with van der Waals surface area (Å²) >= 11 is 0. The second-order valence-corrected chi connectivity index (χ2v) is 13.7. The van der Waals surface area contributed by atoms with Gasteiger partial charge in [-0.25, -0.2) is 0 Å². The van der Waals surface area contributed by atoms with E-state index in [0.717, 1.165) is 6.42 Å². The molecule has 2 heteroatoms. The molecule has 2 nitrogen and oxygen atoms in total. The van der Waals surface area contributed by atoms with Gasteiger partial charge in [0.05, 0.1) is 22.1 Å². The van der Waals surface area contributed by atoms with Crippen molar-refractivity contribution < 1.29 is 0 Å². The molecule has 2 heterocycles. The minimum absolute atomic E-state index is 0.0228. The standard InChI is InChI=1S/C45H34N2/c1-45(2)39-17-9-6-14-33(39)34-23-22-32(28-40(34)45)47-42-19-11-8-16-36(42)38-27-30(21-25-44(38)47)29-20-24-43-37(26-29)35-15-7-10-18-41(35)46(43)31-12-4-3-5-13-31/h3-13,15-28,33H,14H2,1-2H3. The van der Waals surface area contributed by atoms with Crippen molar-refractivity contribution in [2.75, 3.05) is 0 Å². The molecule has 0 spiro atoms. The highest BCUT2D eigenvalue weighted by Crippen LogP contribution is 2.53. The van der Waals surface area contributed by atoms with Gasteiger partial charge >= 0.3 is 0 Å². The Morgan fingerprint density at radius 2 is 1.11 bits per heavy atom. The summed E-state index contributed by atoms with van der Waals surface area (Å²) in [4.78, 5) is 0. The lowest BCUT2D eigenvalue weighted by atomic mass is 9.79. The van der Waals surface area contributed by atoms with E-state index in [1.807, 2.05) is 0 Å². The number of para-hydroxylation sites is 3. The molecule has 47 heavy (non-hydrogen) atoms. The monoisotopic (exact) mass is 602 g/mol. The van der Waals surface area contributed by atoms with E-state index in [9.17, 15) is 0 Å². The van der Waals surface area contributed by atoms with Crippen molar-refractivity contribution in [2.45, 2.75) is 31.6 Å². The third-order valence-corrected chi connectivity index (χ3v) is 10.9. The number of aromatic nitrogens is 2. The van der Waals surface area contributed by atoms with Crippen LogP contribution in [0.2, 0.25) is 0 Å². The molecule has 6 aromatic carbocycles. The zero-order valence-electron chi connectivity index (χ0n) is 26.6. The van der Waals surface area contributed by atoms with Gasteiger partial charge in [-0.2, -0.15) is 0 Å². The Morgan fingerprint density at radius 3 is 1.77 bits per heavy atom. The Bertz CT molecular complexity index is 2620. The minimum Gasteiger partial charge on any atom is -0.309 e. The maximum atomic E-state index is 2.47. The first kappa shape index (κ1) is 26.6. The van der Waals surface area contributed by atoms with E-state index in [-0.39, 0.29) is 5.41 Å². The fourth-order valence-corrected chi connectivity index (χ4v) is 8.69. The van der Waals surface area contributed by atoms with Crippen molar-refractivity contribution in [3.8, 4) is 22.5 Å². The molecule has 0 N–H and O–H groups in total. The van der Waals surface area contributed by atoms with E-state index in [0.29, 0.717) is 5.92 Å². The highest BCUT2D eigenvalue weighted by atomic mass is 15.0. The van der Waals surface area contributed by atoms with Crippen LogP contribution in [0.5, 0.6) is 0 Å². The van der Waals surface area contributed by atoms with Crippen LogP contribution in [0, 0.1) is 0 Å². The number of nitrogens with zero attached hydrogens (tertiary/aromatic N) is 2. The van der Waals surface area contributed by atoms with Gasteiger partial charge in [0, 0.05) is 44.3 Å². The first-order valence-corrected chi connectivity index (χ1v) is 16.7. The van der Waals surface area contributed by atoms with Gasteiger partial charge in [-0.15, -0.1) is 0 Å². The number of hydrogen-bond donors (Lipinski definition) is 0. The van der Waals surface area contributed by atoms with Crippen molar-refractivity contribution in [1.29, 1.82) is 0 Å². The molecular weight excluding hydrogens is 569 g/mol. The van der Waals surface area contributed by atoms with Crippen molar-refractivity contribution in [2.24, 2.45) is 0 Å². The molecule has 1 atom stereocenters. The number of rotatable bonds is 3. The van der Waals surface area contributed by atoms with E-state index in [1.165, 1.54) is 77.2 Å². The largest absolute Gasteiger partial charge is 0.309 e. The van der Waals surface area contributed by atoms with Crippen LogP contribution in [0.1, 0.15) is 37.3 Å². The van der Waals surface area contributed by atoms with Crippen LogP contribution < -0.4 is 0 Å². The van der Waals surface area contributed by atoms with Crippen molar-refractivity contribution in [1.82, 2.24) is 9.13 Å². The molecule has 2 aromatic heterocycles. The Morgan fingerprint density at radius 1 is 0.532 bits per heavy atom. The summed E-state index contributed by atoms with van der Waals surface area (Å²) in [5, 5.41) is 5.12. The van der Waals surface area contributed by atoms with Crippen LogP contribution in [0.15, 0.2) is 157 Å². The molecule has 1 unspecified atom stereocenters. The second-order valence-electron chi connectivity index (χ2n) is 13.7. The van der Waals surface area contributed by atoms with Gasteiger partial charge in [-0.3, -0.25) is 0 Å². The Kier molecular flexibility index (Phi) is 5.49. The molecule has 0 bridgehead atoms. The van der Waals surface area contributed by atoms with Crippen LogP contribution in [-0.2, 0) is 5.41 Å². The summed E-state index contributed by atoms with van der Waals surface area (Å²) < 4.78 is 4.85. The van der Waals surface area contributed by atoms with Crippen LogP contribution in [-0.4, -0.2) is 9.13 Å². The molecule has 224 valence electrons. The van der Waals surface area contributed by atoms with Gasteiger partial charge in [0.25, 0.3) is 0 Å². The predicted octanol–water partition coefficient (Wildman–Crippen LogP) is 11.8.